The Bertz CT molecular complexity index is 480. The fraction of sp³-hybridized carbons (Fsp3) is 0.500. The van der Waals surface area contributed by atoms with Gasteiger partial charge in [0.2, 0.25) is 5.91 Å². The van der Waals surface area contributed by atoms with Gasteiger partial charge in [-0.1, -0.05) is 18.2 Å². The molecular formula is C14H17IN2O. The molecule has 0 radical (unpaired) electrons. The summed E-state index contributed by atoms with van der Waals surface area (Å²) in [4.78, 5) is 13.8. The molecule has 3 nitrogen and oxygen atoms in total. The summed E-state index contributed by atoms with van der Waals surface area (Å²) in [5.41, 5.74) is 2.71. The van der Waals surface area contributed by atoms with Crippen LogP contribution in [-0.2, 0) is 10.2 Å². The van der Waals surface area contributed by atoms with Crippen LogP contribution in [0.5, 0.6) is 0 Å². The molecule has 1 aromatic rings. The molecule has 0 unspecified atom stereocenters. The molecule has 0 atom stereocenters. The van der Waals surface area contributed by atoms with Gasteiger partial charge in [-0.25, -0.2) is 3.11 Å². The van der Waals surface area contributed by atoms with Crippen molar-refractivity contribution in [2.45, 2.75) is 25.2 Å². The van der Waals surface area contributed by atoms with Gasteiger partial charge in [0.05, 0.1) is 0 Å². The number of para-hydroxylation sites is 1. The van der Waals surface area contributed by atoms with Crippen LogP contribution in [0.3, 0.4) is 0 Å². The van der Waals surface area contributed by atoms with Gasteiger partial charge in [0.15, 0.2) is 0 Å². The van der Waals surface area contributed by atoms with Crippen molar-refractivity contribution < 1.29 is 4.79 Å². The summed E-state index contributed by atoms with van der Waals surface area (Å²) in [6, 6.07) is 8.42. The van der Waals surface area contributed by atoms with Crippen molar-refractivity contribution in [3.05, 3.63) is 29.8 Å². The quantitative estimate of drug-likeness (QED) is 0.527. The number of anilines is 1. The first-order chi connectivity index (χ1) is 8.62. The highest BCUT2D eigenvalue weighted by Gasteiger charge is 2.45. The minimum atomic E-state index is 0.163. The zero-order valence-electron chi connectivity index (χ0n) is 10.5. The largest absolute Gasteiger partial charge is 0.311 e. The minimum Gasteiger partial charge on any atom is -0.311 e. The highest BCUT2D eigenvalue weighted by molar-refractivity contribution is 14.1. The molecule has 0 saturated carbocycles. The molecule has 2 aliphatic heterocycles. The lowest BCUT2D eigenvalue weighted by Gasteiger charge is -2.37. The summed E-state index contributed by atoms with van der Waals surface area (Å²) in [7, 11) is 0. The Morgan fingerprint density at radius 2 is 1.94 bits per heavy atom. The summed E-state index contributed by atoms with van der Waals surface area (Å²) in [5.74, 6) is 0.163. The van der Waals surface area contributed by atoms with Gasteiger partial charge >= 0.3 is 0 Å². The van der Waals surface area contributed by atoms with Crippen LogP contribution in [0, 0.1) is 0 Å². The molecule has 1 spiro atoms. The highest BCUT2D eigenvalue weighted by Crippen LogP contribution is 2.47. The van der Waals surface area contributed by atoms with E-state index in [4.69, 9.17) is 0 Å². The molecule has 2 heterocycles. The maximum Gasteiger partial charge on any atom is 0.223 e. The second kappa shape index (κ2) is 4.49. The van der Waals surface area contributed by atoms with Crippen molar-refractivity contribution in [3.63, 3.8) is 0 Å². The third kappa shape index (κ3) is 1.86. The van der Waals surface area contributed by atoms with E-state index in [0.717, 1.165) is 38.2 Å². The molecule has 96 valence electrons. The molecule has 0 aliphatic carbocycles. The first kappa shape index (κ1) is 12.4. The Labute approximate surface area is 122 Å². The van der Waals surface area contributed by atoms with Crippen molar-refractivity contribution >= 4 is 34.5 Å². The van der Waals surface area contributed by atoms with E-state index in [1.807, 2.05) is 11.0 Å². The van der Waals surface area contributed by atoms with E-state index in [9.17, 15) is 4.79 Å². The van der Waals surface area contributed by atoms with Crippen LogP contribution in [0.4, 0.5) is 5.69 Å². The summed E-state index contributed by atoms with van der Waals surface area (Å²) in [6.45, 7) is 4.76. The predicted octanol–water partition coefficient (Wildman–Crippen LogP) is 2.74. The predicted molar refractivity (Wildman–Crippen MR) is 81.0 cm³/mol. The van der Waals surface area contributed by atoms with Crippen LogP contribution in [0.2, 0.25) is 0 Å². The van der Waals surface area contributed by atoms with Crippen LogP contribution in [-0.4, -0.2) is 28.7 Å². The third-order valence-corrected chi connectivity index (χ3v) is 5.24. The van der Waals surface area contributed by atoms with Crippen LogP contribution in [0.15, 0.2) is 24.3 Å². The first-order valence-corrected chi connectivity index (χ1v) is 7.37. The smallest absolute Gasteiger partial charge is 0.223 e. The molecule has 1 amide bonds. The van der Waals surface area contributed by atoms with E-state index in [2.05, 4.69) is 44.2 Å². The van der Waals surface area contributed by atoms with Gasteiger partial charge in [0.25, 0.3) is 0 Å². The fourth-order valence-corrected chi connectivity index (χ4v) is 3.73. The summed E-state index contributed by atoms with van der Waals surface area (Å²) >= 11 is 2.40. The van der Waals surface area contributed by atoms with Crippen molar-refractivity contribution in [1.29, 1.82) is 0 Å². The van der Waals surface area contributed by atoms with E-state index in [1.54, 1.807) is 6.92 Å². The standard InChI is InChI=1S/C14H17IN2O/c1-11(18)17-10-14(6-8-16(15)9-7-14)12-4-2-3-5-13(12)17/h2-5H,6-10H2,1H3. The molecule has 0 N–H and O–H groups in total. The Kier molecular flexibility index (Phi) is 3.10. The molecule has 3 rings (SSSR count). The normalized spacial score (nSPS) is 22.2. The summed E-state index contributed by atoms with van der Waals surface area (Å²) in [6.07, 6.45) is 2.30. The SMILES string of the molecule is CC(=O)N1CC2(CCN(I)CC2)c2ccccc21. The Morgan fingerprint density at radius 1 is 1.28 bits per heavy atom. The number of fused-ring (bicyclic) bond motifs is 2. The molecule has 2 aliphatic rings. The van der Waals surface area contributed by atoms with Crippen molar-refractivity contribution in [2.75, 3.05) is 24.5 Å². The topological polar surface area (TPSA) is 23.6 Å². The molecule has 4 heteroatoms. The molecule has 0 aromatic heterocycles. The van der Waals surface area contributed by atoms with E-state index < -0.39 is 0 Å². The van der Waals surface area contributed by atoms with Gasteiger partial charge in [-0.05, 0) is 24.5 Å². The number of hydrogen-bond acceptors (Lipinski definition) is 2. The second-order valence-electron chi connectivity index (χ2n) is 5.31. The van der Waals surface area contributed by atoms with Crippen LogP contribution in [0.25, 0.3) is 0 Å². The minimum absolute atomic E-state index is 0.163. The zero-order chi connectivity index (χ0) is 12.8. The lowest BCUT2D eigenvalue weighted by atomic mass is 9.75. The van der Waals surface area contributed by atoms with Crippen molar-refractivity contribution in [3.8, 4) is 0 Å². The van der Waals surface area contributed by atoms with E-state index >= 15 is 0 Å². The molecular weight excluding hydrogens is 339 g/mol. The molecule has 18 heavy (non-hydrogen) atoms. The van der Waals surface area contributed by atoms with Gasteiger partial charge in [-0.3, -0.25) is 4.79 Å². The Balaban J connectivity index is 2.02. The maximum absolute atomic E-state index is 11.8. The maximum atomic E-state index is 11.8. The van der Waals surface area contributed by atoms with Gasteiger partial charge in [-0.15, -0.1) is 0 Å². The van der Waals surface area contributed by atoms with Crippen LogP contribution in [0.1, 0.15) is 25.3 Å². The highest BCUT2D eigenvalue weighted by atomic mass is 127. The molecule has 1 saturated heterocycles. The van der Waals surface area contributed by atoms with Crippen molar-refractivity contribution in [2.24, 2.45) is 0 Å². The Hall–Kier alpha value is -0.620. The number of hydrogen-bond donors (Lipinski definition) is 0. The Morgan fingerprint density at radius 3 is 2.61 bits per heavy atom. The number of halogens is 1. The lowest BCUT2D eigenvalue weighted by Crippen LogP contribution is -2.43. The fourth-order valence-electron chi connectivity index (χ4n) is 3.25. The zero-order valence-corrected chi connectivity index (χ0v) is 12.7. The van der Waals surface area contributed by atoms with Gasteiger partial charge in [0, 0.05) is 60.5 Å². The van der Waals surface area contributed by atoms with Crippen molar-refractivity contribution in [1.82, 2.24) is 3.11 Å². The molecule has 1 fully saturated rings. The average Bonchev–Trinajstić information content (AvgIpc) is 2.69. The molecule has 1 aromatic carbocycles. The van der Waals surface area contributed by atoms with Gasteiger partial charge in [0.1, 0.15) is 0 Å². The van der Waals surface area contributed by atoms with E-state index in [-0.39, 0.29) is 11.3 Å². The lowest BCUT2D eigenvalue weighted by molar-refractivity contribution is -0.116. The number of rotatable bonds is 0. The number of piperidine rings is 1. The first-order valence-electron chi connectivity index (χ1n) is 6.41. The van der Waals surface area contributed by atoms with E-state index in [1.165, 1.54) is 5.56 Å². The number of nitrogens with zero attached hydrogens (tertiary/aromatic N) is 2. The number of carbonyl (C=O) groups excluding carboxylic acids is 1. The third-order valence-electron chi connectivity index (χ3n) is 4.27. The van der Waals surface area contributed by atoms with Gasteiger partial charge < -0.3 is 4.90 Å². The number of benzene rings is 1. The monoisotopic (exact) mass is 356 g/mol. The van der Waals surface area contributed by atoms with Crippen LogP contribution < -0.4 is 4.90 Å². The summed E-state index contributed by atoms with van der Waals surface area (Å²) in [5, 5.41) is 0. The second-order valence-corrected chi connectivity index (χ2v) is 6.68. The van der Waals surface area contributed by atoms with Gasteiger partial charge in [-0.2, -0.15) is 0 Å². The summed E-state index contributed by atoms with van der Waals surface area (Å²) < 4.78 is 2.35. The number of carbonyl (C=O) groups is 1. The molecule has 0 bridgehead atoms. The number of amides is 1. The average molecular weight is 356 g/mol. The van der Waals surface area contributed by atoms with Crippen LogP contribution >= 0.6 is 22.9 Å². The van der Waals surface area contributed by atoms with E-state index in [0.29, 0.717) is 0 Å².